The lowest BCUT2D eigenvalue weighted by atomic mass is 10.1. The predicted octanol–water partition coefficient (Wildman–Crippen LogP) is 1.67. The van der Waals surface area contributed by atoms with Crippen LogP contribution in [0.2, 0.25) is 0 Å². The van der Waals surface area contributed by atoms with Gasteiger partial charge in [0.1, 0.15) is 0 Å². The van der Waals surface area contributed by atoms with E-state index in [1.165, 1.54) is 6.21 Å². The van der Waals surface area contributed by atoms with Gasteiger partial charge in [0.05, 0.1) is 11.7 Å². The number of carboxylic acids is 1. The van der Waals surface area contributed by atoms with E-state index in [0.29, 0.717) is 0 Å². The third kappa shape index (κ3) is 2.78. The van der Waals surface area contributed by atoms with E-state index in [4.69, 9.17) is 5.11 Å². The lowest BCUT2D eigenvalue weighted by Gasteiger charge is -1.99. The molecule has 1 aromatic carbocycles. The van der Waals surface area contributed by atoms with Crippen LogP contribution in [0.15, 0.2) is 41.7 Å². The molecule has 0 unspecified atom stereocenters. The Balaban J connectivity index is 2.21. The van der Waals surface area contributed by atoms with Gasteiger partial charge < -0.3 is 9.94 Å². The molecule has 0 saturated carbocycles. The van der Waals surface area contributed by atoms with Gasteiger partial charge in [-0.2, -0.15) is 0 Å². The molecule has 0 amide bonds. The van der Waals surface area contributed by atoms with E-state index in [-0.39, 0.29) is 0 Å². The fourth-order valence-electron chi connectivity index (χ4n) is 1.42. The van der Waals surface area contributed by atoms with Gasteiger partial charge in [-0.15, -0.1) is 0 Å². The van der Waals surface area contributed by atoms with Crippen LogP contribution in [-0.4, -0.2) is 28.9 Å². The second-order valence-electron chi connectivity index (χ2n) is 3.32. The van der Waals surface area contributed by atoms with Gasteiger partial charge in [0.2, 0.25) is 6.61 Å². The smallest absolute Gasteiger partial charge is 0.344 e. The Labute approximate surface area is 97.3 Å². The standard InChI is InChI=1S/C12H10N2O3/c15-12(16)8-17-14-7-9-5-6-13-11-4-2-1-3-10(9)11/h1-7H,8H2,(H,15,16). The summed E-state index contributed by atoms with van der Waals surface area (Å²) in [6, 6.07) is 9.40. The van der Waals surface area contributed by atoms with E-state index in [1.807, 2.05) is 24.3 Å². The minimum Gasteiger partial charge on any atom is -0.479 e. The van der Waals surface area contributed by atoms with Gasteiger partial charge in [0, 0.05) is 17.1 Å². The number of rotatable bonds is 4. The van der Waals surface area contributed by atoms with Crippen LogP contribution < -0.4 is 0 Å². The molecule has 0 fully saturated rings. The Kier molecular flexibility index (Phi) is 3.30. The summed E-state index contributed by atoms with van der Waals surface area (Å²) in [5, 5.41) is 12.9. The summed E-state index contributed by atoms with van der Waals surface area (Å²) in [5.41, 5.74) is 1.69. The number of nitrogens with zero attached hydrogens (tertiary/aromatic N) is 2. The Hall–Kier alpha value is -2.43. The first-order valence-corrected chi connectivity index (χ1v) is 4.98. The number of carboxylic acid groups (broad SMARTS) is 1. The summed E-state index contributed by atoms with van der Waals surface area (Å²) in [6.45, 7) is -0.445. The molecule has 0 saturated heterocycles. The molecule has 0 aliphatic rings. The number of benzene rings is 1. The molecule has 5 nitrogen and oxygen atoms in total. The second kappa shape index (κ2) is 5.07. The molecule has 0 bridgehead atoms. The highest BCUT2D eigenvalue weighted by atomic mass is 16.6. The minimum atomic E-state index is -1.05. The van der Waals surface area contributed by atoms with E-state index >= 15 is 0 Å². The minimum absolute atomic E-state index is 0.445. The van der Waals surface area contributed by atoms with Gasteiger partial charge >= 0.3 is 5.97 Å². The molecule has 2 aromatic rings. The van der Waals surface area contributed by atoms with Crippen LogP contribution in [-0.2, 0) is 9.63 Å². The molecule has 5 heteroatoms. The van der Waals surface area contributed by atoms with Crippen molar-refractivity contribution in [1.82, 2.24) is 4.98 Å². The number of hydrogen-bond donors (Lipinski definition) is 1. The zero-order valence-electron chi connectivity index (χ0n) is 8.91. The van der Waals surface area contributed by atoms with E-state index in [0.717, 1.165) is 16.5 Å². The lowest BCUT2D eigenvalue weighted by Crippen LogP contribution is -2.03. The first-order valence-electron chi connectivity index (χ1n) is 4.98. The molecule has 0 radical (unpaired) electrons. The normalized spacial score (nSPS) is 10.8. The van der Waals surface area contributed by atoms with Crippen molar-refractivity contribution in [3.8, 4) is 0 Å². The van der Waals surface area contributed by atoms with Crippen LogP contribution in [0.25, 0.3) is 10.9 Å². The van der Waals surface area contributed by atoms with Gasteiger partial charge in [-0.1, -0.05) is 23.4 Å². The SMILES string of the molecule is O=C(O)CON=Cc1ccnc2ccccc12. The molecule has 1 heterocycles. The number of pyridine rings is 1. The Morgan fingerprint density at radius 3 is 3.06 bits per heavy atom. The maximum absolute atomic E-state index is 10.2. The average Bonchev–Trinajstić information content (AvgIpc) is 2.34. The van der Waals surface area contributed by atoms with E-state index < -0.39 is 12.6 Å². The number of aliphatic carboxylic acids is 1. The summed E-state index contributed by atoms with van der Waals surface area (Å²) in [4.78, 5) is 19.0. The Bertz CT molecular complexity index is 561. The summed E-state index contributed by atoms with van der Waals surface area (Å²) >= 11 is 0. The number of para-hydroxylation sites is 1. The number of fused-ring (bicyclic) bond motifs is 1. The number of hydrogen-bond acceptors (Lipinski definition) is 4. The molecular weight excluding hydrogens is 220 g/mol. The number of aromatic nitrogens is 1. The number of carbonyl (C=O) groups is 1. The van der Waals surface area contributed by atoms with Crippen LogP contribution in [0.1, 0.15) is 5.56 Å². The fraction of sp³-hybridized carbons (Fsp3) is 0.0833. The quantitative estimate of drug-likeness (QED) is 0.640. The summed E-state index contributed by atoms with van der Waals surface area (Å²) in [5.74, 6) is -1.05. The number of oxime groups is 1. The van der Waals surface area contributed by atoms with Crippen LogP contribution in [0, 0.1) is 0 Å². The fourth-order valence-corrected chi connectivity index (χ4v) is 1.42. The van der Waals surface area contributed by atoms with Crippen molar-refractivity contribution in [2.45, 2.75) is 0 Å². The molecule has 1 aromatic heterocycles. The average molecular weight is 230 g/mol. The third-order valence-electron chi connectivity index (χ3n) is 2.14. The molecule has 0 aliphatic carbocycles. The molecular formula is C12H10N2O3. The van der Waals surface area contributed by atoms with Gasteiger partial charge in [-0.25, -0.2) is 4.79 Å². The maximum atomic E-state index is 10.2. The molecule has 2 rings (SSSR count). The molecule has 1 N–H and O–H groups in total. The molecule has 0 atom stereocenters. The van der Waals surface area contributed by atoms with E-state index in [1.54, 1.807) is 12.3 Å². The lowest BCUT2D eigenvalue weighted by molar-refractivity contribution is -0.142. The summed E-state index contributed by atoms with van der Waals surface area (Å²) in [6.07, 6.45) is 3.15. The highest BCUT2D eigenvalue weighted by molar-refractivity contribution is 5.97. The van der Waals surface area contributed by atoms with Crippen molar-refractivity contribution in [2.24, 2.45) is 5.16 Å². The summed E-state index contributed by atoms with van der Waals surface area (Å²) in [7, 11) is 0. The molecule has 0 spiro atoms. The van der Waals surface area contributed by atoms with Crippen LogP contribution >= 0.6 is 0 Å². The van der Waals surface area contributed by atoms with Crippen molar-refractivity contribution < 1.29 is 14.7 Å². The molecule has 0 aliphatic heterocycles. The molecule has 17 heavy (non-hydrogen) atoms. The largest absolute Gasteiger partial charge is 0.479 e. The van der Waals surface area contributed by atoms with Gasteiger partial charge in [-0.05, 0) is 12.1 Å². The van der Waals surface area contributed by atoms with E-state index in [9.17, 15) is 4.79 Å². The zero-order valence-corrected chi connectivity index (χ0v) is 8.91. The second-order valence-corrected chi connectivity index (χ2v) is 3.32. The topological polar surface area (TPSA) is 71.8 Å². The van der Waals surface area contributed by atoms with Crippen molar-refractivity contribution in [3.05, 3.63) is 42.1 Å². The Morgan fingerprint density at radius 1 is 1.41 bits per heavy atom. The zero-order chi connectivity index (χ0) is 12.1. The van der Waals surface area contributed by atoms with E-state index in [2.05, 4.69) is 15.0 Å². The van der Waals surface area contributed by atoms with Crippen LogP contribution in [0.3, 0.4) is 0 Å². The predicted molar refractivity (Wildman–Crippen MR) is 62.9 cm³/mol. The highest BCUT2D eigenvalue weighted by Gasteiger charge is 1.98. The highest BCUT2D eigenvalue weighted by Crippen LogP contribution is 2.14. The van der Waals surface area contributed by atoms with Crippen molar-refractivity contribution >= 4 is 23.1 Å². The monoisotopic (exact) mass is 230 g/mol. The van der Waals surface area contributed by atoms with Gasteiger partial charge in [0.25, 0.3) is 0 Å². The first kappa shape index (κ1) is 11.1. The molecule has 86 valence electrons. The maximum Gasteiger partial charge on any atom is 0.344 e. The van der Waals surface area contributed by atoms with Gasteiger partial charge in [0.15, 0.2) is 0 Å². The Morgan fingerprint density at radius 2 is 2.24 bits per heavy atom. The van der Waals surface area contributed by atoms with Gasteiger partial charge in [-0.3, -0.25) is 4.98 Å². The van der Waals surface area contributed by atoms with Crippen LogP contribution in [0.4, 0.5) is 0 Å². The van der Waals surface area contributed by atoms with Crippen molar-refractivity contribution in [3.63, 3.8) is 0 Å². The summed E-state index contributed by atoms with van der Waals surface area (Å²) < 4.78 is 0. The van der Waals surface area contributed by atoms with Crippen molar-refractivity contribution in [1.29, 1.82) is 0 Å². The van der Waals surface area contributed by atoms with Crippen LogP contribution in [0.5, 0.6) is 0 Å². The third-order valence-corrected chi connectivity index (χ3v) is 2.14. The first-order chi connectivity index (χ1) is 8.27. The van der Waals surface area contributed by atoms with Crippen molar-refractivity contribution in [2.75, 3.05) is 6.61 Å².